The number of hydrogen-bond donors (Lipinski definition) is 3. The normalized spacial score (nSPS) is 11.9. The molecular weight excluding hydrogens is 276 g/mol. The monoisotopic (exact) mass is 290 g/mol. The smallest absolute Gasteiger partial charge is 0.198 e. The van der Waals surface area contributed by atoms with E-state index in [-0.39, 0.29) is 5.88 Å². The van der Waals surface area contributed by atoms with Crippen LogP contribution in [0.3, 0.4) is 0 Å². The van der Waals surface area contributed by atoms with Crippen LogP contribution in [0.2, 0.25) is 0 Å². The number of imidazole rings is 1. The van der Waals surface area contributed by atoms with E-state index in [4.69, 9.17) is 0 Å². The van der Waals surface area contributed by atoms with Gasteiger partial charge in [-0.2, -0.15) is 0 Å². The van der Waals surface area contributed by atoms with E-state index in [0.717, 1.165) is 27.6 Å². The van der Waals surface area contributed by atoms with Gasteiger partial charge < -0.3 is 15.1 Å². The highest BCUT2D eigenvalue weighted by Gasteiger charge is 2.13. The van der Waals surface area contributed by atoms with Gasteiger partial charge in [0.1, 0.15) is 0 Å². The molecule has 2 aromatic heterocycles. The molecule has 0 amide bonds. The standard InChI is InChI=1S/C17H14N4O/c1-10-2-4-11(5-3-10)18-8-12-15-13(21-17(12)22)6-7-14-16(15)20-9-19-14/h2-9,21-22H,1H3,(H,19,20). The predicted molar refractivity (Wildman–Crippen MR) is 88.0 cm³/mol. The molecule has 5 heteroatoms. The number of fused-ring (bicyclic) bond motifs is 3. The molecule has 0 fully saturated rings. The lowest BCUT2D eigenvalue weighted by molar-refractivity contribution is 0.457. The number of benzene rings is 2. The van der Waals surface area contributed by atoms with Gasteiger partial charge in [0.25, 0.3) is 0 Å². The number of aromatic hydroxyl groups is 1. The van der Waals surface area contributed by atoms with Crippen molar-refractivity contribution in [2.24, 2.45) is 4.99 Å². The molecule has 4 aromatic rings. The van der Waals surface area contributed by atoms with E-state index < -0.39 is 0 Å². The van der Waals surface area contributed by atoms with Crippen molar-refractivity contribution in [2.45, 2.75) is 6.92 Å². The fraction of sp³-hybridized carbons (Fsp3) is 0.0588. The largest absolute Gasteiger partial charge is 0.494 e. The molecule has 0 aliphatic carbocycles. The van der Waals surface area contributed by atoms with Crippen LogP contribution in [0.25, 0.3) is 21.9 Å². The van der Waals surface area contributed by atoms with Crippen LogP contribution in [0, 0.1) is 6.92 Å². The van der Waals surface area contributed by atoms with Crippen molar-refractivity contribution in [3.8, 4) is 5.88 Å². The summed E-state index contributed by atoms with van der Waals surface area (Å²) in [6.45, 7) is 2.04. The molecule has 2 aromatic carbocycles. The highest BCUT2D eigenvalue weighted by Crippen LogP contribution is 2.31. The zero-order valence-electron chi connectivity index (χ0n) is 12.0. The Morgan fingerprint density at radius 3 is 2.68 bits per heavy atom. The molecule has 0 radical (unpaired) electrons. The fourth-order valence-electron chi connectivity index (χ4n) is 2.59. The summed E-state index contributed by atoms with van der Waals surface area (Å²) in [6, 6.07) is 11.8. The maximum atomic E-state index is 10.2. The molecule has 4 rings (SSSR count). The van der Waals surface area contributed by atoms with Crippen LogP contribution >= 0.6 is 0 Å². The number of aliphatic imine (C=N–C) groups is 1. The minimum absolute atomic E-state index is 0.0985. The lowest BCUT2D eigenvalue weighted by Crippen LogP contribution is -1.81. The molecule has 0 spiro atoms. The minimum Gasteiger partial charge on any atom is -0.494 e. The quantitative estimate of drug-likeness (QED) is 0.491. The van der Waals surface area contributed by atoms with Crippen molar-refractivity contribution < 1.29 is 5.11 Å². The van der Waals surface area contributed by atoms with Crippen LogP contribution in [-0.2, 0) is 0 Å². The Morgan fingerprint density at radius 1 is 1.09 bits per heavy atom. The van der Waals surface area contributed by atoms with Crippen LogP contribution in [0.15, 0.2) is 47.7 Å². The Morgan fingerprint density at radius 2 is 1.86 bits per heavy atom. The van der Waals surface area contributed by atoms with Crippen LogP contribution in [0.1, 0.15) is 11.1 Å². The van der Waals surface area contributed by atoms with E-state index in [0.29, 0.717) is 5.56 Å². The number of H-pyrrole nitrogens is 2. The third kappa shape index (κ3) is 1.95. The Bertz CT molecular complexity index is 993. The number of nitrogens with one attached hydrogen (secondary N) is 2. The second-order valence-corrected chi connectivity index (χ2v) is 5.27. The van der Waals surface area contributed by atoms with Crippen molar-refractivity contribution in [3.05, 3.63) is 53.9 Å². The van der Waals surface area contributed by atoms with Gasteiger partial charge in [-0.05, 0) is 31.2 Å². The summed E-state index contributed by atoms with van der Waals surface area (Å²) < 4.78 is 0. The van der Waals surface area contributed by atoms with Crippen LogP contribution in [0.5, 0.6) is 5.88 Å². The zero-order chi connectivity index (χ0) is 15.1. The maximum Gasteiger partial charge on any atom is 0.198 e. The van der Waals surface area contributed by atoms with Crippen molar-refractivity contribution in [2.75, 3.05) is 0 Å². The molecule has 0 saturated heterocycles. The summed E-state index contributed by atoms with van der Waals surface area (Å²) >= 11 is 0. The molecular formula is C17H14N4O. The lowest BCUT2D eigenvalue weighted by Gasteiger charge is -1.96. The Hall–Kier alpha value is -3.08. The number of aromatic amines is 2. The molecule has 108 valence electrons. The van der Waals surface area contributed by atoms with Gasteiger partial charge in [0.15, 0.2) is 5.88 Å². The van der Waals surface area contributed by atoms with Gasteiger partial charge in [0.05, 0.1) is 34.1 Å². The summed E-state index contributed by atoms with van der Waals surface area (Å²) in [5, 5.41) is 11.0. The molecule has 0 saturated carbocycles. The zero-order valence-corrected chi connectivity index (χ0v) is 12.0. The summed E-state index contributed by atoms with van der Waals surface area (Å²) in [6.07, 6.45) is 3.32. The topological polar surface area (TPSA) is 77.1 Å². The van der Waals surface area contributed by atoms with E-state index in [9.17, 15) is 5.11 Å². The number of nitrogens with zero attached hydrogens (tertiary/aromatic N) is 2. The minimum atomic E-state index is 0.0985. The third-order valence-electron chi connectivity index (χ3n) is 3.75. The summed E-state index contributed by atoms with van der Waals surface area (Å²) in [7, 11) is 0. The highest BCUT2D eigenvalue weighted by atomic mass is 16.3. The van der Waals surface area contributed by atoms with Gasteiger partial charge in [-0.3, -0.25) is 4.99 Å². The molecule has 3 N–H and O–H groups in total. The van der Waals surface area contributed by atoms with Crippen molar-refractivity contribution in [1.29, 1.82) is 0 Å². The van der Waals surface area contributed by atoms with Crippen molar-refractivity contribution >= 4 is 33.8 Å². The van der Waals surface area contributed by atoms with Crippen LogP contribution < -0.4 is 0 Å². The molecule has 22 heavy (non-hydrogen) atoms. The number of aromatic nitrogens is 3. The van der Waals surface area contributed by atoms with E-state index in [2.05, 4.69) is 19.9 Å². The first-order chi connectivity index (χ1) is 10.7. The van der Waals surface area contributed by atoms with Crippen LogP contribution in [0.4, 0.5) is 5.69 Å². The van der Waals surface area contributed by atoms with Crippen LogP contribution in [-0.4, -0.2) is 26.3 Å². The molecule has 0 atom stereocenters. The van der Waals surface area contributed by atoms with E-state index >= 15 is 0 Å². The first kappa shape index (κ1) is 12.6. The van der Waals surface area contributed by atoms with E-state index in [1.807, 2.05) is 43.3 Å². The van der Waals surface area contributed by atoms with E-state index in [1.165, 1.54) is 5.56 Å². The Kier molecular flexibility index (Phi) is 2.72. The summed E-state index contributed by atoms with van der Waals surface area (Å²) in [5.41, 5.74) is 5.26. The summed E-state index contributed by atoms with van der Waals surface area (Å²) in [4.78, 5) is 14.8. The second-order valence-electron chi connectivity index (χ2n) is 5.27. The first-order valence-electron chi connectivity index (χ1n) is 7.00. The highest BCUT2D eigenvalue weighted by molar-refractivity contribution is 6.13. The van der Waals surface area contributed by atoms with E-state index in [1.54, 1.807) is 12.5 Å². The van der Waals surface area contributed by atoms with Gasteiger partial charge in [0.2, 0.25) is 0 Å². The Balaban J connectivity index is 1.88. The molecule has 5 nitrogen and oxygen atoms in total. The van der Waals surface area contributed by atoms with Gasteiger partial charge in [-0.1, -0.05) is 17.7 Å². The number of aryl methyl sites for hydroxylation is 1. The lowest BCUT2D eigenvalue weighted by atomic mass is 10.1. The molecule has 2 heterocycles. The van der Waals surface area contributed by atoms with Crippen molar-refractivity contribution in [1.82, 2.24) is 15.0 Å². The fourth-order valence-corrected chi connectivity index (χ4v) is 2.59. The number of rotatable bonds is 2. The average Bonchev–Trinajstić information content (AvgIpc) is 3.10. The van der Waals surface area contributed by atoms with Gasteiger partial charge in [0, 0.05) is 11.6 Å². The third-order valence-corrected chi connectivity index (χ3v) is 3.75. The summed E-state index contributed by atoms with van der Waals surface area (Å²) in [5.74, 6) is 0.0985. The average molecular weight is 290 g/mol. The SMILES string of the molecule is Cc1ccc(N=Cc2c(O)[nH]c3ccc4[nH]cnc4c23)cc1. The maximum absolute atomic E-state index is 10.2. The van der Waals surface area contributed by atoms with Gasteiger partial charge in [-0.25, -0.2) is 4.98 Å². The molecule has 0 aliphatic heterocycles. The predicted octanol–water partition coefficient (Wildman–Crippen LogP) is 3.81. The molecule has 0 unspecified atom stereocenters. The van der Waals surface area contributed by atoms with Gasteiger partial charge >= 0.3 is 0 Å². The first-order valence-corrected chi connectivity index (χ1v) is 7.00. The Labute approximate surface area is 126 Å². The van der Waals surface area contributed by atoms with Crippen molar-refractivity contribution in [3.63, 3.8) is 0 Å². The molecule has 0 bridgehead atoms. The number of hydrogen-bond acceptors (Lipinski definition) is 3. The van der Waals surface area contributed by atoms with Gasteiger partial charge in [-0.15, -0.1) is 0 Å². The molecule has 0 aliphatic rings. The second kappa shape index (κ2) is 4.73.